The quantitative estimate of drug-likeness (QED) is 0.480. The van der Waals surface area contributed by atoms with Gasteiger partial charge in [-0.3, -0.25) is 4.79 Å². The van der Waals surface area contributed by atoms with Crippen molar-refractivity contribution in [3.05, 3.63) is 23.8 Å². The Labute approximate surface area is 194 Å². The SMILES string of the molecule is COc1ccc(CC(=O)O[C@@H]2O[C@@H]3O[C@@]4(C)CC[C@@H]5[C@H](C)CC[C@H]([C@H]2C)[C@@]35OO4)cc1OC. The average molecular weight is 463 g/mol. The van der Waals surface area contributed by atoms with Crippen molar-refractivity contribution in [3.8, 4) is 11.5 Å². The van der Waals surface area contributed by atoms with Crippen molar-refractivity contribution in [3.63, 3.8) is 0 Å². The first-order valence-electron chi connectivity index (χ1n) is 11.9. The van der Waals surface area contributed by atoms with Crippen molar-refractivity contribution in [2.24, 2.45) is 23.7 Å². The van der Waals surface area contributed by atoms with E-state index in [-0.39, 0.29) is 30.1 Å². The van der Waals surface area contributed by atoms with Crippen LogP contribution in [0.5, 0.6) is 11.5 Å². The zero-order chi connectivity index (χ0) is 23.4. The van der Waals surface area contributed by atoms with Gasteiger partial charge in [-0.2, -0.15) is 0 Å². The summed E-state index contributed by atoms with van der Waals surface area (Å²) in [6, 6.07) is 5.39. The highest BCUT2D eigenvalue weighted by molar-refractivity contribution is 5.73. The van der Waals surface area contributed by atoms with Crippen molar-refractivity contribution in [2.45, 2.75) is 76.8 Å². The Morgan fingerprint density at radius 2 is 1.85 bits per heavy atom. The van der Waals surface area contributed by atoms with Crippen LogP contribution in [0.4, 0.5) is 0 Å². The first-order valence-corrected chi connectivity index (χ1v) is 11.9. The molecule has 6 rings (SSSR count). The molecule has 33 heavy (non-hydrogen) atoms. The number of hydrogen-bond acceptors (Lipinski definition) is 8. The third-order valence-electron chi connectivity index (χ3n) is 8.14. The van der Waals surface area contributed by atoms with Gasteiger partial charge in [0.15, 0.2) is 23.4 Å². The predicted molar refractivity (Wildman–Crippen MR) is 116 cm³/mol. The number of carbonyl (C=O) groups excluding carboxylic acids is 1. The van der Waals surface area contributed by atoms with Gasteiger partial charge in [-0.05, 0) is 55.7 Å². The fourth-order valence-corrected chi connectivity index (χ4v) is 6.34. The van der Waals surface area contributed by atoms with Crippen LogP contribution >= 0.6 is 0 Å². The maximum Gasteiger partial charge on any atom is 0.312 e. The Morgan fingerprint density at radius 1 is 1.06 bits per heavy atom. The van der Waals surface area contributed by atoms with E-state index >= 15 is 0 Å². The molecule has 4 aliphatic heterocycles. The van der Waals surface area contributed by atoms with Gasteiger partial charge in [-0.25, -0.2) is 9.78 Å². The Hall–Kier alpha value is -1.87. The second kappa shape index (κ2) is 8.41. The molecule has 8 heteroatoms. The number of hydrogen-bond donors (Lipinski definition) is 0. The standard InChI is InChI=1S/C25H34O8/c1-14-6-8-18-15(2)22(29-21(26)13-16-7-9-19(27-4)20(12-16)28-5)30-23-25(18)17(14)10-11-24(3,31-23)32-33-25/h7,9,12,14-15,17-18,22-23H,6,8,10-11,13H2,1-5H3/t14-,15-,17-,18-,22-,23-,24-,25-/m1/s1. The van der Waals surface area contributed by atoms with E-state index in [0.29, 0.717) is 17.4 Å². The second-order valence-electron chi connectivity index (χ2n) is 10.1. The number of fused-ring (bicyclic) bond motifs is 2. The number of carbonyl (C=O) groups is 1. The molecule has 4 heterocycles. The van der Waals surface area contributed by atoms with Crippen LogP contribution < -0.4 is 9.47 Å². The number of rotatable bonds is 5. The summed E-state index contributed by atoms with van der Waals surface area (Å²) in [6.45, 7) is 6.23. The molecule has 1 aromatic rings. The molecule has 2 bridgehead atoms. The summed E-state index contributed by atoms with van der Waals surface area (Å²) >= 11 is 0. The molecular weight excluding hydrogens is 428 g/mol. The largest absolute Gasteiger partial charge is 0.493 e. The molecular formula is C25H34O8. The normalized spacial score (nSPS) is 41.6. The fraction of sp³-hybridized carbons (Fsp3) is 0.720. The summed E-state index contributed by atoms with van der Waals surface area (Å²) in [5.74, 6) is 0.779. The highest BCUT2D eigenvalue weighted by Crippen LogP contribution is 2.60. The lowest BCUT2D eigenvalue weighted by atomic mass is 9.58. The third-order valence-corrected chi connectivity index (χ3v) is 8.14. The van der Waals surface area contributed by atoms with Crippen LogP contribution in [0.15, 0.2) is 18.2 Å². The van der Waals surface area contributed by atoms with Gasteiger partial charge in [-0.1, -0.05) is 19.9 Å². The van der Waals surface area contributed by atoms with Gasteiger partial charge in [0, 0.05) is 18.3 Å². The van der Waals surface area contributed by atoms with Crippen LogP contribution in [0.3, 0.4) is 0 Å². The summed E-state index contributed by atoms with van der Waals surface area (Å²) in [4.78, 5) is 24.9. The molecule has 182 valence electrons. The molecule has 5 fully saturated rings. The summed E-state index contributed by atoms with van der Waals surface area (Å²) in [7, 11) is 3.15. The highest BCUT2D eigenvalue weighted by Gasteiger charge is 2.69. The molecule has 0 N–H and O–H groups in total. The predicted octanol–water partition coefficient (Wildman–Crippen LogP) is 4.00. The molecule has 0 unspecified atom stereocenters. The van der Waals surface area contributed by atoms with Crippen LogP contribution in [-0.2, 0) is 35.2 Å². The van der Waals surface area contributed by atoms with E-state index in [2.05, 4.69) is 13.8 Å². The molecule has 4 saturated heterocycles. The van der Waals surface area contributed by atoms with Gasteiger partial charge in [0.25, 0.3) is 0 Å². The number of esters is 1. The molecule has 1 aromatic carbocycles. The van der Waals surface area contributed by atoms with Gasteiger partial charge in [0.05, 0.1) is 20.6 Å². The van der Waals surface area contributed by atoms with E-state index in [1.54, 1.807) is 26.4 Å². The van der Waals surface area contributed by atoms with Gasteiger partial charge >= 0.3 is 5.97 Å². The first kappa shape index (κ1) is 22.9. The van der Waals surface area contributed by atoms with E-state index in [1.165, 1.54) is 0 Å². The lowest BCUT2D eigenvalue weighted by Crippen LogP contribution is -2.70. The lowest BCUT2D eigenvalue weighted by Gasteiger charge is -2.59. The van der Waals surface area contributed by atoms with Gasteiger partial charge in [0.1, 0.15) is 0 Å². The zero-order valence-corrected chi connectivity index (χ0v) is 20.0. The minimum atomic E-state index is -0.855. The van der Waals surface area contributed by atoms with Gasteiger partial charge in [-0.15, -0.1) is 0 Å². The number of ether oxygens (including phenoxy) is 5. The smallest absolute Gasteiger partial charge is 0.312 e. The van der Waals surface area contributed by atoms with E-state index < -0.39 is 24.0 Å². The maximum absolute atomic E-state index is 12.9. The van der Waals surface area contributed by atoms with E-state index in [0.717, 1.165) is 31.2 Å². The van der Waals surface area contributed by atoms with Crippen molar-refractivity contribution >= 4 is 5.97 Å². The monoisotopic (exact) mass is 462 g/mol. The maximum atomic E-state index is 12.9. The molecule has 8 atom stereocenters. The van der Waals surface area contributed by atoms with E-state index in [4.69, 9.17) is 33.5 Å². The Bertz CT molecular complexity index is 904. The summed E-state index contributed by atoms with van der Waals surface area (Å²) < 4.78 is 29.1. The van der Waals surface area contributed by atoms with Crippen molar-refractivity contribution in [1.82, 2.24) is 0 Å². The molecule has 0 aromatic heterocycles. The Kier molecular flexibility index (Phi) is 5.84. The van der Waals surface area contributed by atoms with Crippen LogP contribution in [0.1, 0.15) is 52.0 Å². The van der Waals surface area contributed by atoms with Crippen molar-refractivity contribution in [1.29, 1.82) is 0 Å². The minimum Gasteiger partial charge on any atom is -0.493 e. The van der Waals surface area contributed by atoms with Crippen molar-refractivity contribution < 1.29 is 38.3 Å². The molecule has 1 aliphatic carbocycles. The molecule has 0 amide bonds. The molecule has 8 nitrogen and oxygen atoms in total. The average Bonchev–Trinajstić information content (AvgIpc) is 3.03. The van der Waals surface area contributed by atoms with E-state index in [9.17, 15) is 4.79 Å². The Morgan fingerprint density at radius 3 is 2.61 bits per heavy atom. The van der Waals surface area contributed by atoms with Crippen LogP contribution in [0.25, 0.3) is 0 Å². The number of benzene rings is 1. The van der Waals surface area contributed by atoms with E-state index in [1.807, 2.05) is 13.0 Å². The highest BCUT2D eigenvalue weighted by atomic mass is 17.3. The number of methoxy groups -OCH3 is 2. The molecule has 1 spiro atoms. The van der Waals surface area contributed by atoms with Crippen LogP contribution in [-0.4, -0.2) is 44.2 Å². The third kappa shape index (κ3) is 3.71. The second-order valence-corrected chi connectivity index (χ2v) is 10.1. The fourth-order valence-electron chi connectivity index (χ4n) is 6.34. The van der Waals surface area contributed by atoms with Gasteiger partial charge in [0.2, 0.25) is 12.1 Å². The molecule has 0 radical (unpaired) electrons. The molecule has 1 saturated carbocycles. The summed E-state index contributed by atoms with van der Waals surface area (Å²) in [5.41, 5.74) is 0.109. The van der Waals surface area contributed by atoms with Gasteiger partial charge < -0.3 is 23.7 Å². The molecule has 5 aliphatic rings. The van der Waals surface area contributed by atoms with Crippen LogP contribution in [0, 0.1) is 23.7 Å². The Balaban J connectivity index is 1.34. The van der Waals surface area contributed by atoms with Crippen LogP contribution in [0.2, 0.25) is 0 Å². The first-order chi connectivity index (χ1) is 15.8. The summed E-state index contributed by atoms with van der Waals surface area (Å²) in [5, 5.41) is 0. The lowest BCUT2D eigenvalue weighted by molar-refractivity contribution is -0.576. The minimum absolute atomic E-state index is 0.0553. The topological polar surface area (TPSA) is 81.7 Å². The van der Waals surface area contributed by atoms with Crippen molar-refractivity contribution in [2.75, 3.05) is 14.2 Å². The summed E-state index contributed by atoms with van der Waals surface area (Å²) in [6.07, 6.45) is 2.52. The zero-order valence-electron chi connectivity index (χ0n) is 20.0.